The van der Waals surface area contributed by atoms with E-state index in [0.29, 0.717) is 0 Å². The van der Waals surface area contributed by atoms with Gasteiger partial charge >= 0.3 is 0 Å². The second-order valence-electron chi connectivity index (χ2n) is 13.4. The van der Waals surface area contributed by atoms with Gasteiger partial charge in [0.25, 0.3) is 0 Å². The molecular formula is C50H34N2. The van der Waals surface area contributed by atoms with E-state index in [1.807, 2.05) is 0 Å². The zero-order valence-corrected chi connectivity index (χ0v) is 28.5. The monoisotopic (exact) mass is 662 g/mol. The van der Waals surface area contributed by atoms with Crippen LogP contribution >= 0.6 is 0 Å². The lowest BCUT2D eigenvalue weighted by molar-refractivity contribution is 1.18. The van der Waals surface area contributed by atoms with Gasteiger partial charge in [-0.15, -0.1) is 0 Å². The molecule has 10 aromatic rings. The van der Waals surface area contributed by atoms with Gasteiger partial charge in [-0.1, -0.05) is 158 Å². The standard InChI is InChI=1S/C50H34N2/c1-5-13-47-43(9-1)44-10-2-6-14-48(44)51(47)41-31-27-39(28-32-41)37-23-19-35(20-24-37)17-18-36-21-25-38(26-22-36)40-29-33-42(34-30-40)52-49-15-7-3-11-45(49)46-12-4-8-16-50(46)52/h1-34H. The van der Waals surface area contributed by atoms with Gasteiger partial charge in [0.15, 0.2) is 0 Å². The highest BCUT2D eigenvalue weighted by Crippen LogP contribution is 2.34. The Labute approximate surface area is 302 Å². The second-order valence-corrected chi connectivity index (χ2v) is 13.4. The number of fused-ring (bicyclic) bond motifs is 6. The van der Waals surface area contributed by atoms with Crippen molar-refractivity contribution >= 4 is 55.8 Å². The van der Waals surface area contributed by atoms with Crippen LogP contribution in [0.1, 0.15) is 11.1 Å². The largest absolute Gasteiger partial charge is 0.309 e. The molecule has 244 valence electrons. The molecule has 8 aromatic carbocycles. The maximum atomic E-state index is 2.36. The molecule has 0 aliphatic heterocycles. The SMILES string of the molecule is C(=Cc1ccc(-c2ccc(-n3c4ccccc4c4ccccc43)cc2)cc1)c1ccc(-c2ccc(-n3c4ccccc4c4ccccc43)cc2)cc1. The van der Waals surface area contributed by atoms with Crippen LogP contribution in [0.4, 0.5) is 0 Å². The Bertz CT molecular complexity index is 2590. The fraction of sp³-hybridized carbons (Fsp3) is 0. The minimum Gasteiger partial charge on any atom is -0.309 e. The number of para-hydroxylation sites is 4. The van der Waals surface area contributed by atoms with Gasteiger partial charge < -0.3 is 9.13 Å². The molecular weight excluding hydrogens is 629 g/mol. The number of rotatable bonds is 6. The van der Waals surface area contributed by atoms with Crippen LogP contribution in [0.5, 0.6) is 0 Å². The van der Waals surface area contributed by atoms with E-state index in [-0.39, 0.29) is 0 Å². The lowest BCUT2D eigenvalue weighted by Gasteiger charge is -2.10. The molecule has 0 fully saturated rings. The summed E-state index contributed by atoms with van der Waals surface area (Å²) in [4.78, 5) is 0. The predicted molar refractivity (Wildman–Crippen MR) is 221 cm³/mol. The minimum atomic E-state index is 1.17. The Morgan fingerprint density at radius 2 is 0.500 bits per heavy atom. The summed E-state index contributed by atoms with van der Waals surface area (Å²) in [6.07, 6.45) is 4.37. The number of nitrogens with zero attached hydrogens (tertiary/aromatic N) is 2. The summed E-state index contributed by atoms with van der Waals surface area (Å²) in [6, 6.07) is 70.0. The predicted octanol–water partition coefficient (Wildman–Crippen LogP) is 13.4. The first-order valence-electron chi connectivity index (χ1n) is 17.8. The van der Waals surface area contributed by atoms with Crippen molar-refractivity contribution in [1.82, 2.24) is 9.13 Å². The molecule has 2 heteroatoms. The van der Waals surface area contributed by atoms with Crippen molar-refractivity contribution in [1.29, 1.82) is 0 Å². The van der Waals surface area contributed by atoms with Gasteiger partial charge in [-0.05, 0) is 81.9 Å². The van der Waals surface area contributed by atoms with Crippen LogP contribution in [0.2, 0.25) is 0 Å². The van der Waals surface area contributed by atoms with Crippen molar-refractivity contribution in [3.63, 3.8) is 0 Å². The average Bonchev–Trinajstić information content (AvgIpc) is 3.74. The molecule has 0 aliphatic rings. The van der Waals surface area contributed by atoms with Crippen molar-refractivity contribution < 1.29 is 0 Å². The lowest BCUT2D eigenvalue weighted by Crippen LogP contribution is -1.93. The molecule has 0 amide bonds. The van der Waals surface area contributed by atoms with E-state index in [9.17, 15) is 0 Å². The zero-order chi connectivity index (χ0) is 34.4. The van der Waals surface area contributed by atoms with E-state index in [1.165, 1.54) is 88.4 Å². The summed E-state index contributed by atoms with van der Waals surface area (Å²) < 4.78 is 4.72. The van der Waals surface area contributed by atoms with E-state index in [2.05, 4.69) is 215 Å². The quantitative estimate of drug-likeness (QED) is 0.157. The number of benzene rings is 8. The normalized spacial score (nSPS) is 11.8. The average molecular weight is 663 g/mol. The molecule has 0 saturated carbocycles. The zero-order valence-electron chi connectivity index (χ0n) is 28.5. The Hall–Kier alpha value is -6.90. The first kappa shape index (κ1) is 30.0. The molecule has 0 radical (unpaired) electrons. The topological polar surface area (TPSA) is 9.86 Å². The van der Waals surface area contributed by atoms with Crippen molar-refractivity contribution in [3.05, 3.63) is 205 Å². The Balaban J connectivity index is 0.844. The maximum absolute atomic E-state index is 2.36. The van der Waals surface area contributed by atoms with Crippen LogP contribution in [-0.4, -0.2) is 9.13 Å². The highest BCUT2D eigenvalue weighted by molar-refractivity contribution is 6.10. The number of aromatic nitrogens is 2. The Morgan fingerprint density at radius 1 is 0.250 bits per heavy atom. The summed E-state index contributed by atoms with van der Waals surface area (Å²) >= 11 is 0. The van der Waals surface area contributed by atoms with Crippen molar-refractivity contribution in [2.24, 2.45) is 0 Å². The molecule has 0 aliphatic carbocycles. The van der Waals surface area contributed by atoms with Crippen LogP contribution in [0.25, 0.3) is 89.4 Å². The van der Waals surface area contributed by atoms with Gasteiger partial charge in [0.2, 0.25) is 0 Å². The van der Waals surface area contributed by atoms with E-state index >= 15 is 0 Å². The van der Waals surface area contributed by atoms with Gasteiger partial charge in [0.05, 0.1) is 22.1 Å². The van der Waals surface area contributed by atoms with E-state index < -0.39 is 0 Å². The summed E-state index contributed by atoms with van der Waals surface area (Å²) in [6.45, 7) is 0. The summed E-state index contributed by atoms with van der Waals surface area (Å²) in [5, 5.41) is 5.12. The number of hydrogen-bond donors (Lipinski definition) is 0. The van der Waals surface area contributed by atoms with Crippen LogP contribution < -0.4 is 0 Å². The lowest BCUT2D eigenvalue weighted by atomic mass is 10.0. The third kappa shape index (κ3) is 5.12. The summed E-state index contributed by atoms with van der Waals surface area (Å²) in [5.41, 5.74) is 14.4. The van der Waals surface area contributed by atoms with Crippen molar-refractivity contribution in [2.45, 2.75) is 0 Å². The molecule has 0 spiro atoms. The Kier molecular flexibility index (Phi) is 7.18. The van der Waals surface area contributed by atoms with E-state index in [1.54, 1.807) is 0 Å². The molecule has 2 aromatic heterocycles. The molecule has 2 heterocycles. The van der Waals surface area contributed by atoms with E-state index in [0.717, 1.165) is 0 Å². The molecule has 0 N–H and O–H groups in total. The first-order valence-corrected chi connectivity index (χ1v) is 17.8. The molecule has 52 heavy (non-hydrogen) atoms. The Morgan fingerprint density at radius 3 is 0.788 bits per heavy atom. The van der Waals surface area contributed by atoms with Crippen molar-refractivity contribution in [2.75, 3.05) is 0 Å². The van der Waals surface area contributed by atoms with Crippen LogP contribution in [0.15, 0.2) is 194 Å². The molecule has 0 saturated heterocycles. The van der Waals surface area contributed by atoms with Gasteiger partial charge in [-0.25, -0.2) is 0 Å². The molecule has 2 nitrogen and oxygen atoms in total. The van der Waals surface area contributed by atoms with Gasteiger partial charge in [0.1, 0.15) is 0 Å². The van der Waals surface area contributed by atoms with Crippen LogP contribution in [0, 0.1) is 0 Å². The smallest absolute Gasteiger partial charge is 0.0541 e. The third-order valence-corrected chi connectivity index (χ3v) is 10.4. The summed E-state index contributed by atoms with van der Waals surface area (Å²) in [5.74, 6) is 0. The minimum absolute atomic E-state index is 1.17. The second kappa shape index (κ2) is 12.5. The fourth-order valence-corrected chi connectivity index (χ4v) is 7.77. The summed E-state index contributed by atoms with van der Waals surface area (Å²) in [7, 11) is 0. The van der Waals surface area contributed by atoms with Crippen LogP contribution in [-0.2, 0) is 0 Å². The van der Waals surface area contributed by atoms with E-state index in [4.69, 9.17) is 0 Å². The molecule has 10 rings (SSSR count). The molecule has 0 unspecified atom stereocenters. The van der Waals surface area contributed by atoms with Crippen LogP contribution in [0.3, 0.4) is 0 Å². The highest BCUT2D eigenvalue weighted by atomic mass is 15.0. The first-order chi connectivity index (χ1) is 25.8. The van der Waals surface area contributed by atoms with Gasteiger partial charge in [0, 0.05) is 32.9 Å². The highest BCUT2D eigenvalue weighted by Gasteiger charge is 2.13. The van der Waals surface area contributed by atoms with Gasteiger partial charge in [-0.3, -0.25) is 0 Å². The maximum Gasteiger partial charge on any atom is 0.0541 e. The fourth-order valence-electron chi connectivity index (χ4n) is 7.77. The van der Waals surface area contributed by atoms with Crippen molar-refractivity contribution in [3.8, 4) is 33.6 Å². The molecule has 0 bridgehead atoms. The third-order valence-electron chi connectivity index (χ3n) is 10.4. The van der Waals surface area contributed by atoms with Gasteiger partial charge in [-0.2, -0.15) is 0 Å². The number of hydrogen-bond acceptors (Lipinski definition) is 0. The molecule has 0 atom stereocenters.